The summed E-state index contributed by atoms with van der Waals surface area (Å²) in [7, 11) is 1.42. The Morgan fingerprint density at radius 2 is 2.16 bits per heavy atom. The normalized spacial score (nSPS) is 17.8. The highest BCUT2D eigenvalue weighted by Crippen LogP contribution is 2.30. The van der Waals surface area contributed by atoms with Crippen LogP contribution in [0.25, 0.3) is 0 Å². The molecule has 0 atom stereocenters. The second-order valence-electron chi connectivity index (χ2n) is 4.58. The highest BCUT2D eigenvalue weighted by molar-refractivity contribution is 9.10. The van der Waals surface area contributed by atoms with E-state index >= 15 is 0 Å². The fourth-order valence-electron chi connectivity index (χ4n) is 2.28. The predicted molar refractivity (Wildman–Crippen MR) is 79.6 cm³/mol. The van der Waals surface area contributed by atoms with Crippen LogP contribution < -0.4 is 10.6 Å². The molecule has 1 aromatic rings. The molecule has 4 nitrogen and oxygen atoms in total. The van der Waals surface area contributed by atoms with Crippen LogP contribution in [0.3, 0.4) is 0 Å². The Kier molecular flexibility index (Phi) is 4.71. The van der Waals surface area contributed by atoms with Crippen LogP contribution >= 0.6 is 27.5 Å². The van der Waals surface area contributed by atoms with Crippen molar-refractivity contribution in [2.24, 2.45) is 0 Å². The average Bonchev–Trinajstić information content (AvgIpc) is 2.43. The van der Waals surface area contributed by atoms with Crippen molar-refractivity contribution in [1.29, 1.82) is 0 Å². The van der Waals surface area contributed by atoms with Crippen molar-refractivity contribution in [2.45, 2.75) is 18.4 Å². The van der Waals surface area contributed by atoms with Crippen LogP contribution in [0.5, 0.6) is 0 Å². The van der Waals surface area contributed by atoms with Gasteiger partial charge in [-0.2, -0.15) is 0 Å². The predicted octanol–water partition coefficient (Wildman–Crippen LogP) is 2.81. The molecule has 0 radical (unpaired) electrons. The van der Waals surface area contributed by atoms with Gasteiger partial charge in [-0.15, -0.1) is 0 Å². The SMILES string of the molecule is COC(=O)C1(Nc2ccc(Cl)c(Br)c2)CCNCC1. The molecular formula is C13H16BrClN2O2. The van der Waals surface area contributed by atoms with Crippen molar-refractivity contribution in [3.05, 3.63) is 27.7 Å². The summed E-state index contributed by atoms with van der Waals surface area (Å²) in [4.78, 5) is 12.1. The van der Waals surface area contributed by atoms with E-state index in [1.165, 1.54) is 7.11 Å². The summed E-state index contributed by atoms with van der Waals surface area (Å²) in [6.45, 7) is 1.58. The lowest BCUT2D eigenvalue weighted by atomic mass is 9.88. The molecule has 1 aromatic carbocycles. The summed E-state index contributed by atoms with van der Waals surface area (Å²) in [5.41, 5.74) is 0.191. The molecule has 0 aliphatic carbocycles. The Bertz CT molecular complexity index is 476. The van der Waals surface area contributed by atoms with Gasteiger partial charge in [0.1, 0.15) is 5.54 Å². The second-order valence-corrected chi connectivity index (χ2v) is 5.84. The molecule has 1 heterocycles. The molecule has 2 rings (SSSR count). The molecule has 1 saturated heterocycles. The first-order chi connectivity index (χ1) is 9.07. The van der Waals surface area contributed by atoms with Gasteiger partial charge in [-0.3, -0.25) is 0 Å². The van der Waals surface area contributed by atoms with Gasteiger partial charge < -0.3 is 15.4 Å². The van der Waals surface area contributed by atoms with Crippen LogP contribution in [0.4, 0.5) is 5.69 Å². The van der Waals surface area contributed by atoms with Crippen LogP contribution in [-0.2, 0) is 9.53 Å². The van der Waals surface area contributed by atoms with Gasteiger partial charge in [0.25, 0.3) is 0 Å². The zero-order chi connectivity index (χ0) is 13.9. The number of rotatable bonds is 3. The van der Waals surface area contributed by atoms with Crippen LogP contribution in [0.15, 0.2) is 22.7 Å². The number of anilines is 1. The Morgan fingerprint density at radius 1 is 1.47 bits per heavy atom. The van der Waals surface area contributed by atoms with E-state index in [2.05, 4.69) is 26.6 Å². The highest BCUT2D eigenvalue weighted by atomic mass is 79.9. The van der Waals surface area contributed by atoms with E-state index in [0.717, 1.165) is 23.2 Å². The van der Waals surface area contributed by atoms with Crippen LogP contribution in [0, 0.1) is 0 Å². The van der Waals surface area contributed by atoms with Gasteiger partial charge in [0.15, 0.2) is 0 Å². The minimum atomic E-state index is -0.659. The van der Waals surface area contributed by atoms with Gasteiger partial charge in [-0.1, -0.05) is 11.6 Å². The smallest absolute Gasteiger partial charge is 0.331 e. The lowest BCUT2D eigenvalue weighted by Gasteiger charge is -2.36. The van der Waals surface area contributed by atoms with Crippen LogP contribution in [-0.4, -0.2) is 31.7 Å². The minimum absolute atomic E-state index is 0.222. The number of benzene rings is 1. The molecule has 0 amide bonds. The number of esters is 1. The summed E-state index contributed by atoms with van der Waals surface area (Å²) < 4.78 is 5.75. The Labute approximate surface area is 126 Å². The number of carbonyl (C=O) groups excluding carboxylic acids is 1. The molecule has 1 fully saturated rings. The van der Waals surface area contributed by atoms with Gasteiger partial charge in [-0.05, 0) is 60.1 Å². The summed E-state index contributed by atoms with van der Waals surface area (Å²) in [5, 5.41) is 7.20. The van der Waals surface area contributed by atoms with Crippen molar-refractivity contribution < 1.29 is 9.53 Å². The quantitative estimate of drug-likeness (QED) is 0.826. The lowest BCUT2D eigenvalue weighted by Crippen LogP contribution is -2.54. The highest BCUT2D eigenvalue weighted by Gasteiger charge is 2.40. The maximum atomic E-state index is 12.1. The largest absolute Gasteiger partial charge is 0.467 e. The Hall–Kier alpha value is -0.780. The van der Waals surface area contributed by atoms with E-state index < -0.39 is 5.54 Å². The number of piperidine rings is 1. The monoisotopic (exact) mass is 346 g/mol. The van der Waals surface area contributed by atoms with Gasteiger partial charge in [-0.25, -0.2) is 4.79 Å². The fourth-order valence-corrected chi connectivity index (χ4v) is 2.78. The van der Waals surface area contributed by atoms with E-state index in [1.807, 2.05) is 12.1 Å². The molecule has 1 aliphatic heterocycles. The number of halogens is 2. The van der Waals surface area contributed by atoms with Crippen molar-refractivity contribution in [3.63, 3.8) is 0 Å². The molecule has 19 heavy (non-hydrogen) atoms. The first kappa shape index (κ1) is 14.6. The Morgan fingerprint density at radius 3 is 2.74 bits per heavy atom. The van der Waals surface area contributed by atoms with Crippen LogP contribution in [0.2, 0.25) is 5.02 Å². The summed E-state index contributed by atoms with van der Waals surface area (Å²) >= 11 is 9.35. The summed E-state index contributed by atoms with van der Waals surface area (Å²) in [5.74, 6) is -0.222. The zero-order valence-electron chi connectivity index (χ0n) is 10.6. The molecule has 104 valence electrons. The molecule has 0 unspecified atom stereocenters. The Balaban J connectivity index is 2.24. The molecule has 6 heteroatoms. The molecular weight excluding hydrogens is 332 g/mol. The number of ether oxygens (including phenoxy) is 1. The molecule has 0 bridgehead atoms. The third-order valence-electron chi connectivity index (χ3n) is 3.34. The maximum absolute atomic E-state index is 12.1. The maximum Gasteiger partial charge on any atom is 0.331 e. The third kappa shape index (κ3) is 3.22. The molecule has 0 spiro atoms. The summed E-state index contributed by atoms with van der Waals surface area (Å²) in [6.07, 6.45) is 1.39. The van der Waals surface area contributed by atoms with Crippen molar-refractivity contribution >= 4 is 39.2 Å². The number of methoxy groups -OCH3 is 1. The van der Waals surface area contributed by atoms with Crippen LogP contribution in [0.1, 0.15) is 12.8 Å². The lowest BCUT2D eigenvalue weighted by molar-refractivity contribution is -0.147. The number of nitrogens with one attached hydrogen (secondary N) is 2. The number of hydrogen-bond donors (Lipinski definition) is 2. The van der Waals surface area contributed by atoms with Gasteiger partial charge >= 0.3 is 5.97 Å². The molecule has 0 saturated carbocycles. The molecule has 0 aromatic heterocycles. The number of carbonyl (C=O) groups is 1. The van der Waals surface area contributed by atoms with E-state index in [4.69, 9.17) is 16.3 Å². The fraction of sp³-hybridized carbons (Fsp3) is 0.462. The minimum Gasteiger partial charge on any atom is -0.467 e. The van der Waals surface area contributed by atoms with Gasteiger partial charge in [0.05, 0.1) is 12.1 Å². The first-order valence-electron chi connectivity index (χ1n) is 6.10. The second kappa shape index (κ2) is 6.11. The van der Waals surface area contributed by atoms with E-state index in [-0.39, 0.29) is 5.97 Å². The number of hydrogen-bond acceptors (Lipinski definition) is 4. The van der Waals surface area contributed by atoms with Crippen molar-refractivity contribution in [1.82, 2.24) is 5.32 Å². The zero-order valence-corrected chi connectivity index (χ0v) is 13.0. The van der Waals surface area contributed by atoms with Crippen molar-refractivity contribution in [3.8, 4) is 0 Å². The van der Waals surface area contributed by atoms with E-state index in [1.54, 1.807) is 6.07 Å². The van der Waals surface area contributed by atoms with Gasteiger partial charge in [0, 0.05) is 10.2 Å². The average molecular weight is 348 g/mol. The standard InChI is InChI=1S/C13H16BrClN2O2/c1-19-12(18)13(4-6-16-7-5-13)17-9-2-3-11(15)10(14)8-9/h2-3,8,16-17H,4-7H2,1H3. The van der Waals surface area contributed by atoms with Crippen molar-refractivity contribution in [2.75, 3.05) is 25.5 Å². The summed E-state index contributed by atoms with van der Waals surface area (Å²) in [6, 6.07) is 5.52. The molecule has 2 N–H and O–H groups in total. The third-order valence-corrected chi connectivity index (χ3v) is 4.55. The van der Waals surface area contributed by atoms with E-state index in [9.17, 15) is 4.79 Å². The topological polar surface area (TPSA) is 50.4 Å². The first-order valence-corrected chi connectivity index (χ1v) is 7.27. The molecule has 1 aliphatic rings. The van der Waals surface area contributed by atoms with E-state index in [0.29, 0.717) is 17.9 Å². The van der Waals surface area contributed by atoms with Gasteiger partial charge in [0.2, 0.25) is 0 Å².